The molecule has 2 aromatic carbocycles. The molecule has 0 saturated carbocycles. The number of thioether (sulfide) groups is 1. The van der Waals surface area contributed by atoms with E-state index in [1.807, 2.05) is 24.3 Å². The van der Waals surface area contributed by atoms with Gasteiger partial charge in [0.1, 0.15) is 11.6 Å². The molecule has 0 radical (unpaired) electrons. The fourth-order valence-electron chi connectivity index (χ4n) is 3.30. The standard InChI is InChI=1S/C21H15F4N3S/c22-15-2-1-3-16(23)19(15)18-9-8-17(28-18)13-6-4-12(5-7-13)14-10-26-21(27-11-14)29-20(24)25/h1-7,10-11,17,20H,8-9H2. The molecule has 0 saturated heterocycles. The maximum Gasteiger partial charge on any atom is 0.291 e. The Kier molecular flexibility index (Phi) is 5.62. The molecule has 0 bridgehead atoms. The van der Waals surface area contributed by atoms with Gasteiger partial charge in [-0.05, 0) is 47.9 Å². The number of alkyl halides is 2. The highest BCUT2D eigenvalue weighted by Gasteiger charge is 2.24. The van der Waals surface area contributed by atoms with Crippen molar-refractivity contribution in [3.05, 3.63) is 77.6 Å². The monoisotopic (exact) mass is 417 g/mol. The highest BCUT2D eigenvalue weighted by atomic mass is 32.2. The average molecular weight is 417 g/mol. The fraction of sp³-hybridized carbons (Fsp3) is 0.190. The van der Waals surface area contributed by atoms with Crippen molar-refractivity contribution in [3.8, 4) is 11.1 Å². The second-order valence-electron chi connectivity index (χ2n) is 6.48. The van der Waals surface area contributed by atoms with Gasteiger partial charge in [0.05, 0.1) is 11.6 Å². The van der Waals surface area contributed by atoms with Gasteiger partial charge >= 0.3 is 0 Å². The number of aromatic nitrogens is 2. The molecule has 0 spiro atoms. The van der Waals surface area contributed by atoms with Gasteiger partial charge < -0.3 is 0 Å². The lowest BCUT2D eigenvalue weighted by Gasteiger charge is -2.08. The molecule has 1 aliphatic rings. The first-order valence-electron chi connectivity index (χ1n) is 8.89. The van der Waals surface area contributed by atoms with Gasteiger partial charge in [0, 0.05) is 23.7 Å². The highest BCUT2D eigenvalue weighted by Crippen LogP contribution is 2.33. The van der Waals surface area contributed by atoms with E-state index < -0.39 is 17.4 Å². The molecule has 8 heteroatoms. The van der Waals surface area contributed by atoms with Crippen molar-refractivity contribution in [2.24, 2.45) is 4.99 Å². The zero-order valence-corrected chi connectivity index (χ0v) is 15.8. The third kappa shape index (κ3) is 4.32. The molecular weight excluding hydrogens is 402 g/mol. The van der Waals surface area contributed by atoms with Crippen molar-refractivity contribution >= 4 is 17.5 Å². The van der Waals surface area contributed by atoms with Crippen molar-refractivity contribution in [2.75, 3.05) is 0 Å². The Morgan fingerprint density at radius 3 is 2.17 bits per heavy atom. The molecular formula is C21H15F4N3S. The molecule has 2 heterocycles. The molecule has 0 amide bonds. The predicted octanol–water partition coefficient (Wildman–Crippen LogP) is 6.06. The van der Waals surface area contributed by atoms with Gasteiger partial charge in [-0.1, -0.05) is 30.3 Å². The van der Waals surface area contributed by atoms with Crippen LogP contribution >= 0.6 is 11.8 Å². The van der Waals surface area contributed by atoms with Gasteiger partial charge in [0.25, 0.3) is 5.76 Å². The van der Waals surface area contributed by atoms with E-state index in [1.165, 1.54) is 30.6 Å². The molecule has 4 rings (SSSR count). The Hall–Kier alpha value is -2.74. The number of nitrogens with zero attached hydrogens (tertiary/aromatic N) is 3. The number of rotatable bonds is 5. The summed E-state index contributed by atoms with van der Waals surface area (Å²) < 4.78 is 52.7. The maximum atomic E-state index is 14.0. The van der Waals surface area contributed by atoms with Crippen molar-refractivity contribution in [1.29, 1.82) is 0 Å². The summed E-state index contributed by atoms with van der Waals surface area (Å²) in [6.07, 6.45) is 4.17. The van der Waals surface area contributed by atoms with Crippen molar-refractivity contribution in [3.63, 3.8) is 0 Å². The van der Waals surface area contributed by atoms with Crippen molar-refractivity contribution in [2.45, 2.75) is 29.8 Å². The maximum absolute atomic E-state index is 14.0. The zero-order valence-electron chi connectivity index (χ0n) is 15.0. The van der Waals surface area contributed by atoms with Crippen LogP contribution in [-0.2, 0) is 0 Å². The minimum Gasteiger partial charge on any atom is -0.281 e. The van der Waals surface area contributed by atoms with E-state index in [9.17, 15) is 17.6 Å². The normalized spacial score (nSPS) is 16.3. The number of halogens is 4. The number of hydrogen-bond acceptors (Lipinski definition) is 4. The highest BCUT2D eigenvalue weighted by molar-refractivity contribution is 7.99. The van der Waals surface area contributed by atoms with Gasteiger partial charge in [-0.15, -0.1) is 0 Å². The first-order valence-corrected chi connectivity index (χ1v) is 9.77. The Morgan fingerprint density at radius 2 is 1.55 bits per heavy atom. The molecule has 1 atom stereocenters. The van der Waals surface area contributed by atoms with Crippen LogP contribution in [-0.4, -0.2) is 21.4 Å². The Bertz CT molecular complexity index is 1020. The predicted molar refractivity (Wildman–Crippen MR) is 104 cm³/mol. The number of benzene rings is 2. The zero-order chi connectivity index (χ0) is 20.4. The first-order chi connectivity index (χ1) is 14.0. The molecule has 1 aliphatic heterocycles. The molecule has 3 aromatic rings. The molecule has 1 aromatic heterocycles. The van der Waals surface area contributed by atoms with Crippen LogP contribution in [0.3, 0.4) is 0 Å². The van der Waals surface area contributed by atoms with Crippen LogP contribution in [0.15, 0.2) is 65.0 Å². The van der Waals surface area contributed by atoms with Crippen LogP contribution in [0.25, 0.3) is 11.1 Å². The minimum atomic E-state index is -2.56. The molecule has 0 N–H and O–H groups in total. The topological polar surface area (TPSA) is 38.1 Å². The molecule has 148 valence electrons. The molecule has 0 aliphatic carbocycles. The van der Waals surface area contributed by atoms with Crippen LogP contribution in [0.5, 0.6) is 0 Å². The number of aliphatic imine (C=N–C) groups is 1. The Balaban J connectivity index is 1.52. The largest absolute Gasteiger partial charge is 0.291 e. The van der Waals surface area contributed by atoms with Gasteiger partial charge in [-0.25, -0.2) is 18.7 Å². The third-order valence-corrected chi connectivity index (χ3v) is 5.27. The van der Waals surface area contributed by atoms with E-state index >= 15 is 0 Å². The molecule has 29 heavy (non-hydrogen) atoms. The van der Waals surface area contributed by atoms with E-state index in [0.717, 1.165) is 11.1 Å². The summed E-state index contributed by atoms with van der Waals surface area (Å²) in [4.78, 5) is 12.4. The van der Waals surface area contributed by atoms with Gasteiger partial charge in [-0.3, -0.25) is 4.99 Å². The van der Waals surface area contributed by atoms with Gasteiger partial charge in [0.15, 0.2) is 5.16 Å². The Morgan fingerprint density at radius 1 is 0.897 bits per heavy atom. The van der Waals surface area contributed by atoms with E-state index in [4.69, 9.17) is 0 Å². The van der Waals surface area contributed by atoms with Gasteiger partial charge in [-0.2, -0.15) is 8.78 Å². The van der Waals surface area contributed by atoms with Crippen LogP contribution in [0, 0.1) is 11.6 Å². The summed E-state index contributed by atoms with van der Waals surface area (Å²) in [5.41, 5.74) is 2.87. The van der Waals surface area contributed by atoms with E-state index in [1.54, 1.807) is 0 Å². The third-order valence-electron chi connectivity index (χ3n) is 4.67. The fourth-order valence-corrected chi connectivity index (χ4v) is 3.68. The van der Waals surface area contributed by atoms with E-state index in [-0.39, 0.29) is 16.8 Å². The van der Waals surface area contributed by atoms with Crippen molar-refractivity contribution < 1.29 is 17.6 Å². The average Bonchev–Trinajstić information content (AvgIpc) is 3.18. The second kappa shape index (κ2) is 8.32. The number of hydrogen-bond donors (Lipinski definition) is 0. The van der Waals surface area contributed by atoms with Crippen LogP contribution in [0.2, 0.25) is 0 Å². The summed E-state index contributed by atoms with van der Waals surface area (Å²) in [5.74, 6) is -3.77. The smallest absolute Gasteiger partial charge is 0.281 e. The minimum absolute atomic E-state index is 0.0218. The molecule has 1 unspecified atom stereocenters. The molecule has 0 fully saturated rings. The Labute approximate surface area is 168 Å². The quantitative estimate of drug-likeness (QED) is 0.288. The lowest BCUT2D eigenvalue weighted by Crippen LogP contribution is -2.03. The van der Waals surface area contributed by atoms with E-state index in [0.29, 0.717) is 35.9 Å². The van der Waals surface area contributed by atoms with Crippen LogP contribution < -0.4 is 0 Å². The SMILES string of the molecule is Fc1cccc(F)c1C1=NC(c2ccc(-c3cnc(SC(F)F)nc3)cc2)CC1. The lowest BCUT2D eigenvalue weighted by molar-refractivity contribution is 0.251. The van der Waals surface area contributed by atoms with Crippen LogP contribution in [0.4, 0.5) is 17.6 Å². The summed E-state index contributed by atoms with van der Waals surface area (Å²) in [7, 11) is 0. The van der Waals surface area contributed by atoms with E-state index in [2.05, 4.69) is 15.0 Å². The van der Waals surface area contributed by atoms with Gasteiger partial charge in [0.2, 0.25) is 0 Å². The second-order valence-corrected chi connectivity index (χ2v) is 7.44. The summed E-state index contributed by atoms with van der Waals surface area (Å²) in [6.45, 7) is 0. The summed E-state index contributed by atoms with van der Waals surface area (Å²) in [5, 5.41) is 0.0218. The summed E-state index contributed by atoms with van der Waals surface area (Å²) in [6, 6.07) is 11.2. The lowest BCUT2D eigenvalue weighted by atomic mass is 10.0. The summed E-state index contributed by atoms with van der Waals surface area (Å²) >= 11 is 0.298. The van der Waals surface area contributed by atoms with Crippen molar-refractivity contribution in [1.82, 2.24) is 9.97 Å². The van der Waals surface area contributed by atoms with Crippen LogP contribution in [0.1, 0.15) is 30.0 Å². The molecule has 3 nitrogen and oxygen atoms in total. The first kappa shape index (κ1) is 19.6.